The van der Waals surface area contributed by atoms with Crippen LogP contribution < -0.4 is 4.90 Å². The Labute approximate surface area is 127 Å². The van der Waals surface area contributed by atoms with Gasteiger partial charge < -0.3 is 9.64 Å². The Morgan fingerprint density at radius 2 is 2.05 bits per heavy atom. The first-order valence-corrected chi connectivity index (χ1v) is 8.07. The van der Waals surface area contributed by atoms with E-state index in [-0.39, 0.29) is 0 Å². The highest BCUT2D eigenvalue weighted by Gasteiger charge is 2.24. The molecule has 1 atom stereocenters. The highest BCUT2D eigenvalue weighted by Crippen LogP contribution is 2.24. The van der Waals surface area contributed by atoms with Crippen molar-refractivity contribution in [3.05, 3.63) is 17.6 Å². The van der Waals surface area contributed by atoms with Crippen molar-refractivity contribution in [2.75, 3.05) is 50.8 Å². The summed E-state index contributed by atoms with van der Waals surface area (Å²) in [7, 11) is 0. The van der Waals surface area contributed by atoms with Gasteiger partial charge >= 0.3 is 0 Å². The van der Waals surface area contributed by atoms with Crippen molar-refractivity contribution in [2.24, 2.45) is 5.92 Å². The molecular formula is C16H26N4O. The van der Waals surface area contributed by atoms with E-state index in [4.69, 9.17) is 9.72 Å². The Hall–Kier alpha value is -1.20. The fraction of sp³-hybridized carbons (Fsp3) is 0.750. The standard InChI is InChI=1S/C16H26N4O/c1-13-10-17-14(2)16(18-13)20-5-3-4-15(12-20)11-19-6-8-21-9-7-19/h10,15H,3-9,11-12H2,1-2H3. The van der Waals surface area contributed by atoms with Gasteiger partial charge in [-0.1, -0.05) is 0 Å². The minimum Gasteiger partial charge on any atom is -0.379 e. The zero-order chi connectivity index (χ0) is 14.7. The molecule has 1 unspecified atom stereocenters. The van der Waals surface area contributed by atoms with Gasteiger partial charge in [-0.15, -0.1) is 0 Å². The van der Waals surface area contributed by atoms with E-state index in [0.29, 0.717) is 0 Å². The van der Waals surface area contributed by atoms with Gasteiger partial charge in [-0.05, 0) is 32.6 Å². The summed E-state index contributed by atoms with van der Waals surface area (Å²) < 4.78 is 5.44. The van der Waals surface area contributed by atoms with Crippen LogP contribution in [0.4, 0.5) is 5.82 Å². The van der Waals surface area contributed by atoms with Crippen LogP contribution in [0.5, 0.6) is 0 Å². The molecule has 0 saturated carbocycles. The molecule has 0 radical (unpaired) electrons. The van der Waals surface area contributed by atoms with Gasteiger partial charge in [0.15, 0.2) is 0 Å². The Morgan fingerprint density at radius 1 is 1.24 bits per heavy atom. The number of hydrogen-bond donors (Lipinski definition) is 0. The van der Waals surface area contributed by atoms with Gasteiger partial charge in [0.1, 0.15) is 5.82 Å². The molecule has 2 saturated heterocycles. The van der Waals surface area contributed by atoms with Crippen LogP contribution in [0.3, 0.4) is 0 Å². The van der Waals surface area contributed by atoms with Gasteiger partial charge in [-0.3, -0.25) is 9.88 Å². The Bertz CT molecular complexity index is 473. The van der Waals surface area contributed by atoms with Crippen molar-refractivity contribution in [1.82, 2.24) is 14.9 Å². The number of rotatable bonds is 3. The van der Waals surface area contributed by atoms with Crippen molar-refractivity contribution in [3.63, 3.8) is 0 Å². The van der Waals surface area contributed by atoms with Crippen molar-refractivity contribution < 1.29 is 4.74 Å². The molecule has 1 aromatic rings. The maximum absolute atomic E-state index is 5.44. The summed E-state index contributed by atoms with van der Waals surface area (Å²) >= 11 is 0. The molecule has 3 rings (SSSR count). The molecule has 5 heteroatoms. The minimum absolute atomic E-state index is 0.735. The summed E-state index contributed by atoms with van der Waals surface area (Å²) in [5.74, 6) is 1.82. The smallest absolute Gasteiger partial charge is 0.150 e. The number of aromatic nitrogens is 2. The second-order valence-corrected chi connectivity index (χ2v) is 6.29. The maximum Gasteiger partial charge on any atom is 0.150 e. The molecule has 116 valence electrons. The predicted octanol–water partition coefficient (Wildman–Crippen LogP) is 1.64. The molecule has 0 N–H and O–H groups in total. The topological polar surface area (TPSA) is 41.5 Å². The number of nitrogens with zero attached hydrogens (tertiary/aromatic N) is 4. The lowest BCUT2D eigenvalue weighted by molar-refractivity contribution is 0.0296. The average molecular weight is 290 g/mol. The third-order valence-electron chi connectivity index (χ3n) is 4.49. The molecular weight excluding hydrogens is 264 g/mol. The molecule has 0 bridgehead atoms. The summed E-state index contributed by atoms with van der Waals surface area (Å²) in [5.41, 5.74) is 2.05. The predicted molar refractivity (Wildman–Crippen MR) is 83.7 cm³/mol. The van der Waals surface area contributed by atoms with Gasteiger partial charge in [0.25, 0.3) is 0 Å². The summed E-state index contributed by atoms with van der Waals surface area (Å²) in [6.07, 6.45) is 4.43. The lowest BCUT2D eigenvalue weighted by Crippen LogP contribution is -2.45. The van der Waals surface area contributed by atoms with E-state index in [0.717, 1.165) is 62.5 Å². The normalized spacial score (nSPS) is 24.3. The van der Waals surface area contributed by atoms with E-state index in [1.807, 2.05) is 13.1 Å². The molecule has 0 amide bonds. The molecule has 2 aliphatic rings. The average Bonchev–Trinajstić information content (AvgIpc) is 2.51. The van der Waals surface area contributed by atoms with E-state index in [1.54, 1.807) is 0 Å². The van der Waals surface area contributed by atoms with Gasteiger partial charge in [-0.2, -0.15) is 0 Å². The van der Waals surface area contributed by atoms with Crippen LogP contribution >= 0.6 is 0 Å². The summed E-state index contributed by atoms with van der Waals surface area (Å²) in [5, 5.41) is 0. The van der Waals surface area contributed by atoms with Gasteiger partial charge in [0, 0.05) is 38.9 Å². The van der Waals surface area contributed by atoms with Crippen LogP contribution in [0.1, 0.15) is 24.2 Å². The van der Waals surface area contributed by atoms with E-state index < -0.39 is 0 Å². The Morgan fingerprint density at radius 3 is 2.86 bits per heavy atom. The summed E-state index contributed by atoms with van der Waals surface area (Å²) in [6.45, 7) is 11.4. The lowest BCUT2D eigenvalue weighted by atomic mass is 9.97. The SMILES string of the molecule is Cc1cnc(C)c(N2CCCC(CN3CCOCC3)C2)n1. The van der Waals surface area contributed by atoms with Crippen molar-refractivity contribution in [1.29, 1.82) is 0 Å². The number of ether oxygens (including phenoxy) is 1. The first-order chi connectivity index (χ1) is 10.2. The van der Waals surface area contributed by atoms with E-state index in [2.05, 4.69) is 21.7 Å². The molecule has 21 heavy (non-hydrogen) atoms. The number of anilines is 1. The van der Waals surface area contributed by atoms with Gasteiger partial charge in [0.2, 0.25) is 0 Å². The summed E-state index contributed by atoms with van der Waals surface area (Å²) in [4.78, 5) is 14.2. The molecule has 5 nitrogen and oxygen atoms in total. The molecule has 2 fully saturated rings. The molecule has 3 heterocycles. The van der Waals surface area contributed by atoms with Crippen LogP contribution in [0, 0.1) is 19.8 Å². The number of hydrogen-bond acceptors (Lipinski definition) is 5. The molecule has 0 spiro atoms. The number of morpholine rings is 1. The van der Waals surface area contributed by atoms with Crippen LogP contribution in [0.25, 0.3) is 0 Å². The van der Waals surface area contributed by atoms with Crippen LogP contribution in [-0.4, -0.2) is 60.8 Å². The third-order valence-corrected chi connectivity index (χ3v) is 4.49. The largest absolute Gasteiger partial charge is 0.379 e. The fourth-order valence-electron chi connectivity index (χ4n) is 3.38. The molecule has 2 aliphatic heterocycles. The highest BCUT2D eigenvalue weighted by atomic mass is 16.5. The van der Waals surface area contributed by atoms with Crippen molar-refractivity contribution in [2.45, 2.75) is 26.7 Å². The first-order valence-electron chi connectivity index (χ1n) is 8.07. The quantitative estimate of drug-likeness (QED) is 0.846. The van der Waals surface area contributed by atoms with Gasteiger partial charge in [0.05, 0.1) is 24.6 Å². The third kappa shape index (κ3) is 3.71. The highest BCUT2D eigenvalue weighted by molar-refractivity contribution is 5.43. The Balaban J connectivity index is 1.63. The first kappa shape index (κ1) is 14.7. The van der Waals surface area contributed by atoms with Crippen molar-refractivity contribution in [3.8, 4) is 0 Å². The lowest BCUT2D eigenvalue weighted by Gasteiger charge is -2.37. The molecule has 0 aromatic carbocycles. The fourth-order valence-corrected chi connectivity index (χ4v) is 3.38. The van der Waals surface area contributed by atoms with Crippen molar-refractivity contribution >= 4 is 5.82 Å². The van der Waals surface area contributed by atoms with E-state index >= 15 is 0 Å². The van der Waals surface area contributed by atoms with Crippen LogP contribution in [-0.2, 0) is 4.74 Å². The van der Waals surface area contributed by atoms with E-state index in [1.165, 1.54) is 19.4 Å². The van der Waals surface area contributed by atoms with Crippen LogP contribution in [0.15, 0.2) is 6.20 Å². The van der Waals surface area contributed by atoms with Crippen LogP contribution in [0.2, 0.25) is 0 Å². The second-order valence-electron chi connectivity index (χ2n) is 6.29. The van der Waals surface area contributed by atoms with E-state index in [9.17, 15) is 0 Å². The minimum atomic E-state index is 0.735. The number of piperidine rings is 1. The summed E-state index contributed by atoms with van der Waals surface area (Å²) in [6, 6.07) is 0. The zero-order valence-corrected chi connectivity index (χ0v) is 13.2. The Kier molecular flexibility index (Phi) is 4.70. The maximum atomic E-state index is 5.44. The molecule has 0 aliphatic carbocycles. The second kappa shape index (κ2) is 6.71. The molecule has 1 aromatic heterocycles. The van der Waals surface area contributed by atoms with Gasteiger partial charge in [-0.25, -0.2) is 4.98 Å². The number of aryl methyl sites for hydroxylation is 2. The monoisotopic (exact) mass is 290 g/mol. The zero-order valence-electron chi connectivity index (χ0n) is 13.2.